The van der Waals surface area contributed by atoms with Crippen molar-refractivity contribution in [3.63, 3.8) is 0 Å². The van der Waals surface area contributed by atoms with Gasteiger partial charge in [-0.05, 0) is 49.7 Å². The number of hydrogen-bond acceptors (Lipinski definition) is 6. The van der Waals surface area contributed by atoms with E-state index in [1.54, 1.807) is 6.92 Å². The Bertz CT molecular complexity index is 489. The van der Waals surface area contributed by atoms with E-state index < -0.39 is 5.97 Å². The summed E-state index contributed by atoms with van der Waals surface area (Å²) in [5, 5.41) is 0. The van der Waals surface area contributed by atoms with Crippen LogP contribution in [-0.4, -0.2) is 43.4 Å². The molecule has 0 amide bonds. The fourth-order valence-electron chi connectivity index (χ4n) is 1.40. The van der Waals surface area contributed by atoms with Gasteiger partial charge in [-0.25, -0.2) is 9.78 Å². The summed E-state index contributed by atoms with van der Waals surface area (Å²) in [5.74, 6) is -0.490. The van der Waals surface area contributed by atoms with Crippen LogP contribution in [0.3, 0.4) is 0 Å². The number of aldehydes is 1. The normalized spacial score (nSPS) is 9.54. The van der Waals surface area contributed by atoms with E-state index >= 15 is 0 Å². The summed E-state index contributed by atoms with van der Waals surface area (Å²) in [7, 11) is 0. The molecule has 1 heterocycles. The molecule has 6 nitrogen and oxygen atoms in total. The Morgan fingerprint density at radius 1 is 1.12 bits per heavy atom. The van der Waals surface area contributed by atoms with Gasteiger partial charge in [-0.1, -0.05) is 26.7 Å². The van der Waals surface area contributed by atoms with Crippen molar-refractivity contribution in [1.29, 1.82) is 0 Å². The second-order valence-electron chi connectivity index (χ2n) is 4.92. The average molecular weight is 434 g/mol. The lowest BCUT2D eigenvalue weighted by atomic mass is 10.2. The van der Waals surface area contributed by atoms with Gasteiger partial charge in [0.2, 0.25) is 0 Å². The molecule has 0 aliphatic carbocycles. The largest absolute Gasteiger partial charge is 0.462 e. The van der Waals surface area contributed by atoms with E-state index in [1.807, 2.05) is 20.8 Å². The Kier molecular flexibility index (Phi) is 19.1. The quantitative estimate of drug-likeness (QED) is 0.247. The molecule has 0 N–H and O–H groups in total. The maximum atomic E-state index is 11.3. The molecule has 26 heavy (non-hydrogen) atoms. The van der Waals surface area contributed by atoms with Crippen molar-refractivity contribution < 1.29 is 23.8 Å². The Balaban J connectivity index is 0. The van der Waals surface area contributed by atoms with E-state index in [0.717, 1.165) is 13.2 Å². The maximum Gasteiger partial charge on any atom is 0.340 e. The predicted octanol–water partition coefficient (Wildman–Crippen LogP) is 5.05. The number of carbonyl (C=O) groups is 2. The number of carbonyl (C=O) groups excluding carboxylic acids is 2. The molecular formula is C19H32BrNO5. The summed E-state index contributed by atoms with van der Waals surface area (Å²) >= 11 is 3.10. The zero-order valence-electron chi connectivity index (χ0n) is 16.7. The standard InChI is InChI=1S/C9H8BrNO3.C6H14O2.C4H10/c1-2-14-9(13)7-3-6(5-12)4-11-8(7)10;1-4-7-6(3)8-5-2;1-3-4-2/h3-5H,2H2,1H3;6H,4-5H2,1-3H3;3-4H2,1-2H3. The minimum absolute atomic E-state index is 0.0370. The van der Waals surface area contributed by atoms with Crippen LogP contribution in [0.1, 0.15) is 75.1 Å². The second kappa shape index (κ2) is 18.5. The molecule has 1 rings (SSSR count). The number of esters is 1. The SMILES string of the molecule is CCCC.CCOC(=O)c1cc(C=O)cnc1Br.CCOC(C)OCC. The number of pyridine rings is 1. The highest BCUT2D eigenvalue weighted by molar-refractivity contribution is 9.10. The smallest absolute Gasteiger partial charge is 0.340 e. The number of hydrogen-bond donors (Lipinski definition) is 0. The lowest BCUT2D eigenvalue weighted by Crippen LogP contribution is -2.11. The van der Waals surface area contributed by atoms with Gasteiger partial charge in [0, 0.05) is 25.0 Å². The minimum atomic E-state index is -0.490. The molecule has 0 spiro atoms. The Morgan fingerprint density at radius 3 is 2.04 bits per heavy atom. The van der Waals surface area contributed by atoms with Crippen molar-refractivity contribution in [1.82, 2.24) is 4.98 Å². The molecule has 0 bridgehead atoms. The summed E-state index contributed by atoms with van der Waals surface area (Å²) in [6.07, 6.45) is 4.60. The van der Waals surface area contributed by atoms with Crippen molar-refractivity contribution in [3.05, 3.63) is 28.0 Å². The van der Waals surface area contributed by atoms with Crippen LogP contribution >= 0.6 is 15.9 Å². The Morgan fingerprint density at radius 2 is 1.65 bits per heavy atom. The molecule has 1 aromatic heterocycles. The topological polar surface area (TPSA) is 74.7 Å². The third kappa shape index (κ3) is 13.9. The summed E-state index contributed by atoms with van der Waals surface area (Å²) in [6, 6.07) is 1.43. The number of ether oxygens (including phenoxy) is 3. The number of unbranched alkanes of at least 4 members (excludes halogenated alkanes) is 1. The predicted molar refractivity (Wildman–Crippen MR) is 107 cm³/mol. The van der Waals surface area contributed by atoms with Crippen LogP contribution < -0.4 is 0 Å². The minimum Gasteiger partial charge on any atom is -0.462 e. The van der Waals surface area contributed by atoms with E-state index in [2.05, 4.69) is 34.8 Å². The number of aromatic nitrogens is 1. The molecule has 0 aliphatic heterocycles. The van der Waals surface area contributed by atoms with Crippen LogP contribution in [0.4, 0.5) is 0 Å². The van der Waals surface area contributed by atoms with Crippen molar-refractivity contribution in [2.24, 2.45) is 0 Å². The number of nitrogens with zero attached hydrogens (tertiary/aromatic N) is 1. The van der Waals surface area contributed by atoms with Crippen LogP contribution in [0, 0.1) is 0 Å². The van der Waals surface area contributed by atoms with Gasteiger partial charge < -0.3 is 14.2 Å². The number of halogens is 1. The highest BCUT2D eigenvalue weighted by Crippen LogP contribution is 2.15. The van der Waals surface area contributed by atoms with Crippen molar-refractivity contribution in [2.45, 2.75) is 60.7 Å². The fraction of sp³-hybridized carbons (Fsp3) is 0.632. The summed E-state index contributed by atoms with van der Waals surface area (Å²) < 4.78 is 15.3. The van der Waals surface area contributed by atoms with Crippen molar-refractivity contribution in [3.8, 4) is 0 Å². The van der Waals surface area contributed by atoms with Crippen molar-refractivity contribution >= 4 is 28.2 Å². The first kappa shape index (κ1) is 26.9. The van der Waals surface area contributed by atoms with E-state index in [4.69, 9.17) is 14.2 Å². The highest BCUT2D eigenvalue weighted by Gasteiger charge is 2.12. The van der Waals surface area contributed by atoms with Crippen molar-refractivity contribution in [2.75, 3.05) is 19.8 Å². The molecule has 0 fully saturated rings. The molecule has 0 unspecified atom stereocenters. The van der Waals surface area contributed by atoms with Gasteiger partial charge in [0.25, 0.3) is 0 Å². The van der Waals surface area contributed by atoms with E-state index in [1.165, 1.54) is 25.1 Å². The van der Waals surface area contributed by atoms with Crippen LogP contribution in [0.25, 0.3) is 0 Å². The fourth-order valence-corrected chi connectivity index (χ4v) is 1.78. The molecule has 0 aromatic carbocycles. The van der Waals surface area contributed by atoms with E-state index in [9.17, 15) is 9.59 Å². The van der Waals surface area contributed by atoms with E-state index in [0.29, 0.717) is 16.5 Å². The lowest BCUT2D eigenvalue weighted by Gasteiger charge is -2.09. The second-order valence-corrected chi connectivity index (χ2v) is 5.67. The molecule has 0 radical (unpaired) electrons. The molecule has 0 saturated carbocycles. The van der Waals surface area contributed by atoms with Crippen LogP contribution in [-0.2, 0) is 14.2 Å². The molecule has 0 saturated heterocycles. The zero-order valence-corrected chi connectivity index (χ0v) is 18.3. The lowest BCUT2D eigenvalue weighted by molar-refractivity contribution is -0.123. The third-order valence-electron chi connectivity index (χ3n) is 2.79. The van der Waals surface area contributed by atoms with Gasteiger partial charge in [-0.2, -0.15) is 0 Å². The summed E-state index contributed by atoms with van der Waals surface area (Å²) in [4.78, 5) is 25.6. The summed E-state index contributed by atoms with van der Waals surface area (Å²) in [5.41, 5.74) is 0.604. The van der Waals surface area contributed by atoms with Crippen LogP contribution in [0.5, 0.6) is 0 Å². The average Bonchev–Trinajstić information content (AvgIpc) is 2.63. The first-order valence-corrected chi connectivity index (χ1v) is 9.71. The van der Waals surface area contributed by atoms with Gasteiger partial charge in [0.15, 0.2) is 12.6 Å². The van der Waals surface area contributed by atoms with Gasteiger partial charge in [0.05, 0.1) is 12.2 Å². The van der Waals surface area contributed by atoms with Crippen LogP contribution in [0.2, 0.25) is 0 Å². The molecule has 0 atom stereocenters. The Hall–Kier alpha value is -1.31. The Labute approximate surface area is 165 Å². The molecule has 7 heteroatoms. The van der Waals surface area contributed by atoms with Crippen LogP contribution in [0.15, 0.2) is 16.9 Å². The first-order chi connectivity index (χ1) is 12.4. The number of rotatable bonds is 8. The van der Waals surface area contributed by atoms with E-state index in [-0.39, 0.29) is 18.5 Å². The first-order valence-electron chi connectivity index (χ1n) is 8.92. The monoisotopic (exact) mass is 433 g/mol. The van der Waals surface area contributed by atoms with Gasteiger partial charge >= 0.3 is 5.97 Å². The molecule has 1 aromatic rings. The molecule has 0 aliphatic rings. The van der Waals surface area contributed by atoms with Gasteiger partial charge in [0.1, 0.15) is 4.60 Å². The molecular weight excluding hydrogens is 402 g/mol. The zero-order chi connectivity index (χ0) is 20.4. The van der Waals surface area contributed by atoms with Gasteiger partial charge in [-0.15, -0.1) is 0 Å². The third-order valence-corrected chi connectivity index (χ3v) is 3.43. The maximum absolute atomic E-state index is 11.3. The van der Waals surface area contributed by atoms with Gasteiger partial charge in [-0.3, -0.25) is 4.79 Å². The highest BCUT2D eigenvalue weighted by atomic mass is 79.9. The molecule has 150 valence electrons. The summed E-state index contributed by atoms with van der Waals surface area (Å²) in [6.45, 7) is 13.6.